The second kappa shape index (κ2) is 9.84. The summed E-state index contributed by atoms with van der Waals surface area (Å²) in [4.78, 5) is 12.3. The molecule has 0 aliphatic carbocycles. The van der Waals surface area contributed by atoms with Crippen molar-refractivity contribution in [1.29, 1.82) is 0 Å². The smallest absolute Gasteiger partial charge is 0.240 e. The van der Waals surface area contributed by atoms with E-state index < -0.39 is 15.9 Å². The standard InChI is InChI=1S/C22H30N2O5S/c1-22(2,3)17-6-10-20(11-7-17)29-15-14-23-21(25)16-24(30(5,26)27)18-8-12-19(28-4)13-9-18/h6-13H,14-16H2,1-5H3,(H,23,25). The zero-order chi connectivity index (χ0) is 22.4. The molecular weight excluding hydrogens is 404 g/mol. The summed E-state index contributed by atoms with van der Waals surface area (Å²) >= 11 is 0. The Balaban J connectivity index is 1.87. The summed E-state index contributed by atoms with van der Waals surface area (Å²) in [5.74, 6) is 0.903. The maximum absolute atomic E-state index is 12.3. The van der Waals surface area contributed by atoms with Crippen molar-refractivity contribution < 1.29 is 22.7 Å². The van der Waals surface area contributed by atoms with Crippen LogP contribution in [0.25, 0.3) is 0 Å². The van der Waals surface area contributed by atoms with Gasteiger partial charge in [0.1, 0.15) is 24.7 Å². The number of hydrogen-bond acceptors (Lipinski definition) is 5. The van der Waals surface area contributed by atoms with Gasteiger partial charge in [0.15, 0.2) is 0 Å². The Hall–Kier alpha value is -2.74. The lowest BCUT2D eigenvalue weighted by Gasteiger charge is -2.22. The minimum absolute atomic E-state index is 0.0713. The second-order valence-corrected chi connectivity index (χ2v) is 9.85. The molecule has 0 saturated carbocycles. The van der Waals surface area contributed by atoms with Gasteiger partial charge in [0.2, 0.25) is 15.9 Å². The van der Waals surface area contributed by atoms with Gasteiger partial charge in [-0.25, -0.2) is 8.42 Å². The van der Waals surface area contributed by atoms with Crippen LogP contribution < -0.4 is 19.1 Å². The Labute approximate surface area is 179 Å². The van der Waals surface area contributed by atoms with E-state index in [1.54, 1.807) is 24.3 Å². The topological polar surface area (TPSA) is 84.9 Å². The predicted molar refractivity (Wildman–Crippen MR) is 119 cm³/mol. The first kappa shape index (κ1) is 23.5. The number of benzene rings is 2. The van der Waals surface area contributed by atoms with E-state index >= 15 is 0 Å². The maximum Gasteiger partial charge on any atom is 0.240 e. The molecule has 0 bridgehead atoms. The number of carbonyl (C=O) groups is 1. The zero-order valence-corrected chi connectivity index (χ0v) is 19.0. The average Bonchev–Trinajstić information content (AvgIpc) is 2.68. The number of sulfonamides is 1. The van der Waals surface area contributed by atoms with Crippen LogP contribution >= 0.6 is 0 Å². The summed E-state index contributed by atoms with van der Waals surface area (Å²) in [5, 5.41) is 2.69. The molecule has 0 radical (unpaired) electrons. The van der Waals surface area contributed by atoms with Gasteiger partial charge >= 0.3 is 0 Å². The van der Waals surface area contributed by atoms with Crippen molar-refractivity contribution in [2.24, 2.45) is 0 Å². The van der Waals surface area contributed by atoms with Gasteiger partial charge in [0.25, 0.3) is 0 Å². The Morgan fingerprint density at radius 1 is 1.00 bits per heavy atom. The fraction of sp³-hybridized carbons (Fsp3) is 0.409. The van der Waals surface area contributed by atoms with Gasteiger partial charge in [-0.2, -0.15) is 0 Å². The monoisotopic (exact) mass is 434 g/mol. The summed E-state index contributed by atoms with van der Waals surface area (Å²) in [6.45, 7) is 6.66. The molecule has 0 aliphatic heterocycles. The van der Waals surface area contributed by atoms with Crippen LogP contribution in [0.1, 0.15) is 26.3 Å². The van der Waals surface area contributed by atoms with Crippen LogP contribution in [-0.2, 0) is 20.2 Å². The predicted octanol–water partition coefficient (Wildman–Crippen LogP) is 2.95. The fourth-order valence-corrected chi connectivity index (χ4v) is 3.60. The third kappa shape index (κ3) is 6.95. The quantitative estimate of drug-likeness (QED) is 0.614. The van der Waals surface area contributed by atoms with Crippen LogP contribution in [-0.4, -0.2) is 47.4 Å². The second-order valence-electron chi connectivity index (χ2n) is 7.94. The lowest BCUT2D eigenvalue weighted by Crippen LogP contribution is -2.41. The summed E-state index contributed by atoms with van der Waals surface area (Å²) in [6, 6.07) is 14.3. The van der Waals surface area contributed by atoms with Crippen molar-refractivity contribution in [1.82, 2.24) is 5.32 Å². The molecular formula is C22H30N2O5S. The van der Waals surface area contributed by atoms with Gasteiger partial charge in [-0.15, -0.1) is 0 Å². The number of anilines is 1. The summed E-state index contributed by atoms with van der Waals surface area (Å²) < 4.78 is 36.0. The Morgan fingerprint density at radius 3 is 2.07 bits per heavy atom. The Bertz CT molecular complexity index is 933. The highest BCUT2D eigenvalue weighted by Gasteiger charge is 2.20. The van der Waals surface area contributed by atoms with Crippen LogP contribution in [0.2, 0.25) is 0 Å². The van der Waals surface area contributed by atoms with Gasteiger partial charge in [0, 0.05) is 0 Å². The first-order valence-corrected chi connectivity index (χ1v) is 11.5. The number of hydrogen-bond donors (Lipinski definition) is 1. The van der Waals surface area contributed by atoms with Crippen molar-refractivity contribution in [3.8, 4) is 11.5 Å². The molecule has 7 nitrogen and oxygen atoms in total. The van der Waals surface area contributed by atoms with Gasteiger partial charge in [-0.05, 0) is 47.4 Å². The summed E-state index contributed by atoms with van der Waals surface area (Å²) in [6.07, 6.45) is 1.06. The van der Waals surface area contributed by atoms with Gasteiger partial charge in [-0.3, -0.25) is 9.10 Å². The Morgan fingerprint density at radius 2 is 1.57 bits per heavy atom. The number of nitrogens with zero attached hydrogens (tertiary/aromatic N) is 1. The number of amides is 1. The molecule has 0 unspecified atom stereocenters. The molecule has 2 rings (SSSR count). The van der Waals surface area contributed by atoms with Crippen molar-refractivity contribution in [2.45, 2.75) is 26.2 Å². The van der Waals surface area contributed by atoms with E-state index in [1.807, 2.05) is 24.3 Å². The van der Waals surface area contributed by atoms with Gasteiger partial charge in [-0.1, -0.05) is 32.9 Å². The molecule has 1 N–H and O–H groups in total. The molecule has 2 aromatic carbocycles. The molecule has 0 saturated heterocycles. The average molecular weight is 435 g/mol. The highest BCUT2D eigenvalue weighted by atomic mass is 32.2. The SMILES string of the molecule is COc1ccc(N(CC(=O)NCCOc2ccc(C(C)(C)C)cc2)S(C)(=O)=O)cc1. The van der Waals surface area contributed by atoms with E-state index in [0.29, 0.717) is 17.2 Å². The maximum atomic E-state index is 12.3. The van der Waals surface area contributed by atoms with Crippen molar-refractivity contribution >= 4 is 21.6 Å². The van der Waals surface area contributed by atoms with E-state index in [4.69, 9.17) is 9.47 Å². The molecule has 8 heteroatoms. The first-order valence-electron chi connectivity index (χ1n) is 9.62. The normalized spacial score (nSPS) is 11.6. The highest BCUT2D eigenvalue weighted by molar-refractivity contribution is 7.92. The molecule has 0 heterocycles. The van der Waals surface area contributed by atoms with Crippen molar-refractivity contribution in [2.75, 3.05) is 37.4 Å². The molecule has 2 aromatic rings. The third-order valence-corrected chi connectivity index (χ3v) is 5.60. The molecule has 30 heavy (non-hydrogen) atoms. The fourth-order valence-electron chi connectivity index (χ4n) is 2.75. The van der Waals surface area contributed by atoms with Crippen LogP contribution in [0.3, 0.4) is 0 Å². The first-order chi connectivity index (χ1) is 14.0. The van der Waals surface area contributed by atoms with Gasteiger partial charge < -0.3 is 14.8 Å². The number of ether oxygens (including phenoxy) is 2. The molecule has 0 atom stereocenters. The van der Waals surface area contributed by atoms with Crippen LogP contribution in [0.15, 0.2) is 48.5 Å². The number of nitrogens with one attached hydrogen (secondary N) is 1. The zero-order valence-electron chi connectivity index (χ0n) is 18.1. The minimum atomic E-state index is -3.62. The highest BCUT2D eigenvalue weighted by Crippen LogP contribution is 2.24. The number of methoxy groups -OCH3 is 1. The van der Waals surface area contributed by atoms with Crippen molar-refractivity contribution in [3.05, 3.63) is 54.1 Å². The molecule has 0 spiro atoms. The lowest BCUT2D eigenvalue weighted by molar-refractivity contribution is -0.119. The number of rotatable bonds is 9. The van der Waals surface area contributed by atoms with Crippen LogP contribution in [0, 0.1) is 0 Å². The number of carbonyl (C=O) groups excluding carboxylic acids is 1. The summed E-state index contributed by atoms with van der Waals surface area (Å²) in [5.41, 5.74) is 1.67. The molecule has 0 aromatic heterocycles. The Kier molecular flexibility index (Phi) is 7.72. The largest absolute Gasteiger partial charge is 0.497 e. The molecule has 0 aliphatic rings. The lowest BCUT2D eigenvalue weighted by atomic mass is 9.87. The van der Waals surface area contributed by atoms with E-state index in [1.165, 1.54) is 12.7 Å². The molecule has 1 amide bonds. The summed E-state index contributed by atoms with van der Waals surface area (Å²) in [7, 11) is -2.10. The van der Waals surface area contributed by atoms with E-state index in [-0.39, 0.29) is 25.1 Å². The third-order valence-electron chi connectivity index (χ3n) is 4.46. The van der Waals surface area contributed by atoms with Crippen LogP contribution in [0.4, 0.5) is 5.69 Å². The van der Waals surface area contributed by atoms with Crippen LogP contribution in [0.5, 0.6) is 11.5 Å². The van der Waals surface area contributed by atoms with E-state index in [9.17, 15) is 13.2 Å². The minimum Gasteiger partial charge on any atom is -0.497 e. The molecule has 164 valence electrons. The molecule has 0 fully saturated rings. The van der Waals surface area contributed by atoms with E-state index in [2.05, 4.69) is 26.1 Å². The van der Waals surface area contributed by atoms with Crippen molar-refractivity contribution in [3.63, 3.8) is 0 Å². The van der Waals surface area contributed by atoms with E-state index in [0.717, 1.165) is 10.6 Å². The van der Waals surface area contributed by atoms with Gasteiger partial charge in [0.05, 0.1) is 25.6 Å².